The van der Waals surface area contributed by atoms with E-state index >= 15 is 0 Å². The molecule has 0 aliphatic rings. The highest BCUT2D eigenvalue weighted by molar-refractivity contribution is 7.92. The number of hydrogen-bond donors (Lipinski definition) is 0. The second kappa shape index (κ2) is 11.9. The molecule has 0 fully saturated rings. The average molecular weight is 466 g/mol. The molecule has 1 amide bonds. The summed E-state index contributed by atoms with van der Waals surface area (Å²) in [5.41, 5.74) is 0.811. The Hall–Kier alpha value is -2.61. The van der Waals surface area contributed by atoms with Crippen molar-refractivity contribution in [2.24, 2.45) is 0 Å². The molecule has 0 heterocycles. The van der Waals surface area contributed by atoms with Gasteiger partial charge >= 0.3 is 0 Å². The van der Waals surface area contributed by atoms with Gasteiger partial charge in [0, 0.05) is 13.1 Å². The maximum Gasteiger partial charge on any atom is 0.241 e. The molecule has 0 saturated carbocycles. The summed E-state index contributed by atoms with van der Waals surface area (Å²) >= 11 is 0. The van der Waals surface area contributed by atoms with E-state index in [0.717, 1.165) is 24.1 Å². The van der Waals surface area contributed by atoms with Gasteiger partial charge in [-0.3, -0.25) is 4.79 Å². The maximum atomic E-state index is 13.2. The Morgan fingerprint density at radius 2 is 1.69 bits per heavy atom. The Morgan fingerprint density at radius 3 is 2.28 bits per heavy atom. The summed E-state index contributed by atoms with van der Waals surface area (Å²) < 4.78 is 50.5. The maximum absolute atomic E-state index is 13.2. The standard InChI is InChI=1S/C24H32FNO5S/c1-5-14-26(17-19-8-13-22(31-15-6-2)23(16-19)30-7-3)24(27)18(4)32(28,29)21-11-9-20(25)10-12-21/h8-13,16,18H,5-7,14-15,17H2,1-4H3. The minimum absolute atomic E-state index is 0.0766. The fourth-order valence-electron chi connectivity index (χ4n) is 3.23. The van der Waals surface area contributed by atoms with Crippen LogP contribution in [0.3, 0.4) is 0 Å². The minimum atomic E-state index is -3.95. The van der Waals surface area contributed by atoms with E-state index in [-0.39, 0.29) is 11.4 Å². The lowest BCUT2D eigenvalue weighted by Crippen LogP contribution is -2.41. The number of rotatable bonds is 12. The lowest BCUT2D eigenvalue weighted by molar-refractivity contribution is -0.131. The Bertz CT molecular complexity index is 992. The number of nitrogens with zero attached hydrogens (tertiary/aromatic N) is 1. The molecule has 0 radical (unpaired) electrons. The van der Waals surface area contributed by atoms with Crippen molar-refractivity contribution in [1.82, 2.24) is 4.90 Å². The lowest BCUT2D eigenvalue weighted by atomic mass is 10.1. The summed E-state index contributed by atoms with van der Waals surface area (Å²) in [5.74, 6) is 0.194. The predicted molar refractivity (Wildman–Crippen MR) is 122 cm³/mol. The summed E-state index contributed by atoms with van der Waals surface area (Å²) in [4.78, 5) is 14.6. The van der Waals surface area contributed by atoms with Crippen LogP contribution in [-0.2, 0) is 21.2 Å². The molecule has 0 aliphatic carbocycles. The molecule has 0 spiro atoms. The quantitative estimate of drug-likeness (QED) is 0.428. The third kappa shape index (κ3) is 6.45. The van der Waals surface area contributed by atoms with Gasteiger partial charge in [0.25, 0.3) is 0 Å². The number of hydrogen-bond acceptors (Lipinski definition) is 5. The van der Waals surface area contributed by atoms with Gasteiger partial charge in [-0.15, -0.1) is 0 Å². The third-order valence-electron chi connectivity index (χ3n) is 4.90. The summed E-state index contributed by atoms with van der Waals surface area (Å²) in [7, 11) is -3.95. The molecule has 176 valence electrons. The topological polar surface area (TPSA) is 72.9 Å². The molecule has 32 heavy (non-hydrogen) atoms. The van der Waals surface area contributed by atoms with Gasteiger partial charge < -0.3 is 14.4 Å². The molecule has 2 aromatic rings. The number of amides is 1. The molecule has 1 unspecified atom stereocenters. The van der Waals surface area contributed by atoms with Crippen molar-refractivity contribution in [1.29, 1.82) is 0 Å². The molecular formula is C24H32FNO5S. The zero-order valence-corrected chi connectivity index (χ0v) is 20.0. The highest BCUT2D eigenvalue weighted by atomic mass is 32.2. The average Bonchev–Trinajstić information content (AvgIpc) is 2.77. The molecule has 1 atom stereocenters. The van der Waals surface area contributed by atoms with Gasteiger partial charge in [0.2, 0.25) is 5.91 Å². The first-order valence-electron chi connectivity index (χ1n) is 10.9. The molecule has 2 aromatic carbocycles. The number of halogens is 1. The van der Waals surface area contributed by atoms with Gasteiger partial charge in [0.1, 0.15) is 11.1 Å². The summed E-state index contributed by atoms with van der Waals surface area (Å²) in [6, 6.07) is 10.00. The smallest absolute Gasteiger partial charge is 0.241 e. The first kappa shape index (κ1) is 25.6. The molecule has 8 heteroatoms. The van der Waals surface area contributed by atoms with E-state index in [1.54, 1.807) is 0 Å². The van der Waals surface area contributed by atoms with Gasteiger partial charge in [-0.25, -0.2) is 12.8 Å². The van der Waals surface area contributed by atoms with Crippen LogP contribution in [0.25, 0.3) is 0 Å². The Kier molecular flexibility index (Phi) is 9.50. The fourth-order valence-corrected chi connectivity index (χ4v) is 4.56. The molecular weight excluding hydrogens is 433 g/mol. The van der Waals surface area contributed by atoms with Crippen LogP contribution in [0.2, 0.25) is 0 Å². The Labute approximate surface area is 190 Å². The van der Waals surface area contributed by atoms with E-state index in [4.69, 9.17) is 9.47 Å². The third-order valence-corrected chi connectivity index (χ3v) is 6.97. The second-order valence-corrected chi connectivity index (χ2v) is 9.73. The van der Waals surface area contributed by atoms with Crippen molar-refractivity contribution in [2.75, 3.05) is 19.8 Å². The van der Waals surface area contributed by atoms with Crippen molar-refractivity contribution in [2.45, 2.75) is 57.2 Å². The minimum Gasteiger partial charge on any atom is -0.490 e. The highest BCUT2D eigenvalue weighted by Crippen LogP contribution is 2.29. The van der Waals surface area contributed by atoms with Crippen LogP contribution in [0.4, 0.5) is 4.39 Å². The number of ether oxygens (including phenoxy) is 2. The van der Waals surface area contributed by atoms with Gasteiger partial charge in [-0.2, -0.15) is 0 Å². The molecule has 2 rings (SSSR count). The van der Waals surface area contributed by atoms with E-state index in [1.807, 2.05) is 39.0 Å². The zero-order valence-electron chi connectivity index (χ0n) is 19.1. The van der Waals surface area contributed by atoms with Gasteiger partial charge in [-0.05, 0) is 68.7 Å². The number of sulfone groups is 1. The van der Waals surface area contributed by atoms with E-state index in [9.17, 15) is 17.6 Å². The fraction of sp³-hybridized carbons (Fsp3) is 0.458. The van der Waals surface area contributed by atoms with Crippen LogP contribution in [0.15, 0.2) is 47.4 Å². The lowest BCUT2D eigenvalue weighted by Gasteiger charge is -2.26. The predicted octanol–water partition coefficient (Wildman–Crippen LogP) is 4.61. The molecule has 0 aliphatic heterocycles. The van der Waals surface area contributed by atoms with Crippen LogP contribution in [0.5, 0.6) is 11.5 Å². The summed E-state index contributed by atoms with van der Waals surface area (Å²) in [6.45, 7) is 8.87. The van der Waals surface area contributed by atoms with Crippen LogP contribution in [-0.4, -0.2) is 44.2 Å². The summed E-state index contributed by atoms with van der Waals surface area (Å²) in [6.07, 6.45) is 1.54. The van der Waals surface area contributed by atoms with Crippen LogP contribution in [0.1, 0.15) is 46.1 Å². The first-order valence-corrected chi connectivity index (χ1v) is 12.5. The zero-order chi connectivity index (χ0) is 23.7. The second-order valence-electron chi connectivity index (χ2n) is 7.46. The van der Waals surface area contributed by atoms with Crippen LogP contribution >= 0.6 is 0 Å². The molecule has 0 saturated heterocycles. The number of carbonyl (C=O) groups excluding carboxylic acids is 1. The monoisotopic (exact) mass is 465 g/mol. The number of benzene rings is 2. The number of carbonyl (C=O) groups is 1. The SMILES string of the molecule is CCCOc1ccc(CN(CCC)C(=O)C(C)S(=O)(=O)c2ccc(F)cc2)cc1OCC. The van der Waals surface area contributed by atoms with E-state index in [1.165, 1.54) is 24.0 Å². The largest absolute Gasteiger partial charge is 0.490 e. The van der Waals surface area contributed by atoms with Gasteiger partial charge in [0.15, 0.2) is 21.3 Å². The van der Waals surface area contributed by atoms with Crippen molar-refractivity contribution in [3.05, 3.63) is 53.8 Å². The molecule has 0 aromatic heterocycles. The van der Waals surface area contributed by atoms with Crippen molar-refractivity contribution in [3.8, 4) is 11.5 Å². The van der Waals surface area contributed by atoms with Gasteiger partial charge in [0.05, 0.1) is 18.1 Å². The Morgan fingerprint density at radius 1 is 1.00 bits per heavy atom. The molecule has 0 N–H and O–H groups in total. The van der Waals surface area contributed by atoms with Crippen LogP contribution in [0, 0.1) is 5.82 Å². The van der Waals surface area contributed by atoms with E-state index in [0.29, 0.717) is 37.7 Å². The van der Waals surface area contributed by atoms with Crippen molar-refractivity contribution >= 4 is 15.7 Å². The van der Waals surface area contributed by atoms with Crippen molar-refractivity contribution in [3.63, 3.8) is 0 Å². The highest BCUT2D eigenvalue weighted by Gasteiger charge is 2.33. The van der Waals surface area contributed by atoms with Gasteiger partial charge in [-0.1, -0.05) is 19.9 Å². The van der Waals surface area contributed by atoms with E-state index in [2.05, 4.69) is 0 Å². The molecule has 0 bridgehead atoms. The van der Waals surface area contributed by atoms with Crippen molar-refractivity contribution < 1.29 is 27.1 Å². The summed E-state index contributed by atoms with van der Waals surface area (Å²) in [5, 5.41) is -1.29. The van der Waals surface area contributed by atoms with E-state index < -0.39 is 26.8 Å². The molecule has 6 nitrogen and oxygen atoms in total. The first-order chi connectivity index (χ1) is 15.2. The Balaban J connectivity index is 2.26. The van der Waals surface area contributed by atoms with Crippen LogP contribution < -0.4 is 9.47 Å². The normalized spacial score (nSPS) is 12.3.